The molecule has 2 aromatic heterocycles. The fourth-order valence-corrected chi connectivity index (χ4v) is 2.58. The topological polar surface area (TPSA) is 25.8 Å². The van der Waals surface area contributed by atoms with Gasteiger partial charge in [0.15, 0.2) is 0 Å². The van der Waals surface area contributed by atoms with Gasteiger partial charge in [-0.15, -0.1) is 0 Å². The van der Waals surface area contributed by atoms with Gasteiger partial charge in [-0.3, -0.25) is 4.98 Å². The molecule has 2 heteroatoms. The van der Waals surface area contributed by atoms with Gasteiger partial charge in [-0.05, 0) is 53.9 Å². The number of pyridine rings is 1. The Balaban J connectivity index is 0.000000258. The average Bonchev–Trinajstić information content (AvgIpc) is 2.71. The number of hydrogen-bond donors (Lipinski definition) is 0. The van der Waals surface area contributed by atoms with E-state index in [1.54, 1.807) is 18.3 Å². The molecule has 4 aromatic rings. The number of hydrogen-bond acceptors (Lipinski definition) is 2. The molecule has 0 aliphatic carbocycles. The van der Waals surface area contributed by atoms with Crippen molar-refractivity contribution in [3.63, 3.8) is 0 Å². The quantitative estimate of drug-likeness (QED) is 0.493. The summed E-state index contributed by atoms with van der Waals surface area (Å²) in [5, 5.41) is 0. The SMILES string of the molecule is Cc1ccccc1-c1ccccc1-c1ccccn1.c1cccnc#1. The molecule has 0 saturated carbocycles. The van der Waals surface area contributed by atoms with Crippen molar-refractivity contribution in [3.8, 4) is 22.4 Å². The molecular formula is C23H18N2. The van der Waals surface area contributed by atoms with Crippen LogP contribution in [0.5, 0.6) is 0 Å². The van der Waals surface area contributed by atoms with E-state index in [9.17, 15) is 0 Å². The second-order valence-corrected chi connectivity index (χ2v) is 5.47. The van der Waals surface area contributed by atoms with Gasteiger partial charge >= 0.3 is 0 Å². The average molecular weight is 322 g/mol. The molecule has 0 spiro atoms. The summed E-state index contributed by atoms with van der Waals surface area (Å²) in [6, 6.07) is 29.1. The van der Waals surface area contributed by atoms with Gasteiger partial charge in [0.1, 0.15) is 0 Å². The molecule has 2 heterocycles. The highest BCUT2D eigenvalue weighted by atomic mass is 14.7. The number of aryl methyl sites for hydroxylation is 1. The summed E-state index contributed by atoms with van der Waals surface area (Å²) in [5.41, 5.74) is 5.98. The standard InChI is InChI=1S/C18H15N.C5H3N/c1-14-8-2-3-9-15(14)16-10-4-5-11-17(16)18-12-6-7-13-19-18;1-2-4-6-5-3-1/h2-13H,1H3;1-2,4H. The van der Waals surface area contributed by atoms with Crippen LogP contribution in [0.1, 0.15) is 5.56 Å². The molecule has 0 N–H and O–H groups in total. The van der Waals surface area contributed by atoms with Crippen LogP contribution >= 0.6 is 0 Å². The van der Waals surface area contributed by atoms with E-state index in [0.29, 0.717) is 0 Å². The molecular weight excluding hydrogens is 304 g/mol. The second kappa shape index (κ2) is 8.42. The van der Waals surface area contributed by atoms with Crippen LogP contribution in [0.4, 0.5) is 0 Å². The lowest BCUT2D eigenvalue weighted by Gasteiger charge is -2.11. The lowest BCUT2D eigenvalue weighted by molar-refractivity contribution is 1.32. The third-order valence-corrected chi connectivity index (χ3v) is 3.77. The highest BCUT2D eigenvalue weighted by Crippen LogP contribution is 2.32. The van der Waals surface area contributed by atoms with Gasteiger partial charge in [-0.25, -0.2) is 4.98 Å². The molecule has 0 radical (unpaired) electrons. The Morgan fingerprint density at radius 3 is 1.96 bits per heavy atom. The molecule has 0 aliphatic heterocycles. The molecule has 0 fully saturated rings. The van der Waals surface area contributed by atoms with E-state index in [2.05, 4.69) is 83.8 Å². The molecule has 0 saturated heterocycles. The van der Waals surface area contributed by atoms with Gasteiger partial charge in [0.05, 0.1) is 5.69 Å². The summed E-state index contributed by atoms with van der Waals surface area (Å²) in [6.07, 6.45) is 6.02. The Morgan fingerprint density at radius 1 is 0.680 bits per heavy atom. The molecule has 120 valence electrons. The molecule has 25 heavy (non-hydrogen) atoms. The van der Waals surface area contributed by atoms with Gasteiger partial charge in [0.25, 0.3) is 0 Å². The van der Waals surface area contributed by atoms with E-state index in [-0.39, 0.29) is 0 Å². The molecule has 2 aromatic carbocycles. The van der Waals surface area contributed by atoms with E-state index in [4.69, 9.17) is 0 Å². The van der Waals surface area contributed by atoms with Crippen LogP contribution in [0.2, 0.25) is 0 Å². The van der Waals surface area contributed by atoms with Crippen molar-refractivity contribution < 1.29 is 0 Å². The van der Waals surface area contributed by atoms with E-state index in [0.717, 1.165) is 5.69 Å². The zero-order chi connectivity index (χ0) is 17.3. The van der Waals surface area contributed by atoms with Crippen LogP contribution in [-0.2, 0) is 0 Å². The van der Waals surface area contributed by atoms with Gasteiger partial charge in [-0.2, -0.15) is 0 Å². The van der Waals surface area contributed by atoms with Crippen LogP contribution in [0, 0.1) is 19.2 Å². The van der Waals surface area contributed by atoms with Gasteiger partial charge < -0.3 is 0 Å². The van der Waals surface area contributed by atoms with Crippen molar-refractivity contribution >= 4 is 0 Å². The summed E-state index contributed by atoms with van der Waals surface area (Å²) in [5.74, 6) is 0. The predicted molar refractivity (Wildman–Crippen MR) is 102 cm³/mol. The summed E-state index contributed by atoms with van der Waals surface area (Å²) in [4.78, 5) is 8.07. The first-order valence-corrected chi connectivity index (χ1v) is 8.11. The van der Waals surface area contributed by atoms with Crippen molar-refractivity contribution in [2.24, 2.45) is 0 Å². The number of benzene rings is 2. The largest absolute Gasteiger partial charge is 0.256 e. The predicted octanol–water partition coefficient (Wildman–Crippen LogP) is 5.41. The van der Waals surface area contributed by atoms with Crippen LogP contribution in [-0.4, -0.2) is 9.97 Å². The monoisotopic (exact) mass is 322 g/mol. The summed E-state index contributed by atoms with van der Waals surface area (Å²) in [7, 11) is 0. The highest BCUT2D eigenvalue weighted by Gasteiger charge is 2.08. The van der Waals surface area contributed by atoms with Crippen LogP contribution < -0.4 is 0 Å². The van der Waals surface area contributed by atoms with Crippen LogP contribution in [0.25, 0.3) is 22.4 Å². The first kappa shape index (κ1) is 16.4. The van der Waals surface area contributed by atoms with Gasteiger partial charge in [0, 0.05) is 24.2 Å². The summed E-state index contributed by atoms with van der Waals surface area (Å²) >= 11 is 0. The van der Waals surface area contributed by atoms with Crippen molar-refractivity contribution in [2.75, 3.05) is 0 Å². The maximum Gasteiger partial charge on any atom is 0.0708 e. The molecule has 0 atom stereocenters. The Morgan fingerprint density at radius 2 is 1.40 bits per heavy atom. The molecule has 0 amide bonds. The minimum Gasteiger partial charge on any atom is -0.256 e. The number of nitrogens with zero attached hydrogens (tertiary/aromatic N) is 2. The van der Waals surface area contributed by atoms with E-state index >= 15 is 0 Å². The maximum absolute atomic E-state index is 4.46. The minimum atomic E-state index is 1.02. The zero-order valence-corrected chi connectivity index (χ0v) is 14.1. The fraction of sp³-hybridized carbons (Fsp3) is 0.0435. The van der Waals surface area contributed by atoms with Gasteiger partial charge in [-0.1, -0.05) is 54.6 Å². The molecule has 0 unspecified atom stereocenters. The normalized spacial score (nSPS) is 9.48. The molecule has 0 aliphatic rings. The third-order valence-electron chi connectivity index (χ3n) is 3.77. The number of rotatable bonds is 2. The Kier molecular flexibility index (Phi) is 5.53. The molecule has 4 rings (SSSR count). The van der Waals surface area contributed by atoms with Crippen LogP contribution in [0.3, 0.4) is 0 Å². The smallest absolute Gasteiger partial charge is 0.0708 e. The lowest BCUT2D eigenvalue weighted by Crippen LogP contribution is -1.89. The first-order chi connectivity index (χ1) is 12.4. The summed E-state index contributed by atoms with van der Waals surface area (Å²) < 4.78 is 0. The Labute approximate surface area is 148 Å². The zero-order valence-electron chi connectivity index (χ0n) is 14.1. The molecule has 0 bridgehead atoms. The summed E-state index contributed by atoms with van der Waals surface area (Å²) in [6.45, 7) is 2.14. The fourth-order valence-electron chi connectivity index (χ4n) is 2.58. The minimum absolute atomic E-state index is 1.02. The Hall–Kier alpha value is -3.44. The van der Waals surface area contributed by atoms with E-state index in [1.807, 2.05) is 18.3 Å². The Bertz CT molecular complexity index is 876. The van der Waals surface area contributed by atoms with Crippen molar-refractivity contribution in [1.82, 2.24) is 9.97 Å². The first-order valence-electron chi connectivity index (χ1n) is 8.11. The van der Waals surface area contributed by atoms with E-state index in [1.165, 1.54) is 22.3 Å². The second-order valence-electron chi connectivity index (χ2n) is 5.47. The van der Waals surface area contributed by atoms with Crippen molar-refractivity contribution in [3.05, 3.63) is 109 Å². The third kappa shape index (κ3) is 4.31. The van der Waals surface area contributed by atoms with Gasteiger partial charge in [0.2, 0.25) is 0 Å². The van der Waals surface area contributed by atoms with E-state index < -0.39 is 0 Å². The van der Waals surface area contributed by atoms with Crippen molar-refractivity contribution in [1.29, 1.82) is 0 Å². The maximum atomic E-state index is 4.46. The lowest BCUT2D eigenvalue weighted by atomic mass is 9.94. The van der Waals surface area contributed by atoms with Crippen molar-refractivity contribution in [2.45, 2.75) is 6.92 Å². The molecule has 2 nitrogen and oxygen atoms in total. The highest BCUT2D eigenvalue weighted by molar-refractivity contribution is 5.83. The van der Waals surface area contributed by atoms with Crippen LogP contribution in [0.15, 0.2) is 91.3 Å². The number of aromatic nitrogens is 2.